The second-order valence-electron chi connectivity index (χ2n) is 11.3. The van der Waals surface area contributed by atoms with Gasteiger partial charge in [-0.2, -0.15) is 4.98 Å². The predicted octanol–water partition coefficient (Wildman–Crippen LogP) is 3.88. The first-order valence-electron chi connectivity index (χ1n) is 13.9. The van der Waals surface area contributed by atoms with E-state index in [9.17, 15) is 4.79 Å². The number of anilines is 3. The molecular weight excluding hydrogens is 488 g/mol. The van der Waals surface area contributed by atoms with Crippen molar-refractivity contribution in [2.75, 3.05) is 43.4 Å². The fourth-order valence-corrected chi connectivity index (χ4v) is 6.43. The Morgan fingerprint density at radius 2 is 1.87 bits per heavy atom. The number of benzene rings is 1. The van der Waals surface area contributed by atoms with Crippen LogP contribution in [0.3, 0.4) is 0 Å². The lowest BCUT2D eigenvalue weighted by molar-refractivity contribution is 0.313. The van der Waals surface area contributed by atoms with E-state index in [0.717, 1.165) is 44.7 Å². The maximum atomic E-state index is 13.4. The van der Waals surface area contributed by atoms with Gasteiger partial charge < -0.3 is 15.1 Å². The molecule has 4 heterocycles. The molecule has 2 fully saturated rings. The van der Waals surface area contributed by atoms with E-state index in [-0.39, 0.29) is 11.0 Å². The van der Waals surface area contributed by atoms with Gasteiger partial charge in [0.2, 0.25) is 5.95 Å². The average molecular weight is 523 g/mol. The first kappa shape index (κ1) is 24.1. The summed E-state index contributed by atoms with van der Waals surface area (Å²) in [6.45, 7) is 10.7. The van der Waals surface area contributed by atoms with Crippen molar-refractivity contribution in [1.82, 2.24) is 29.2 Å². The van der Waals surface area contributed by atoms with Crippen LogP contribution in [-0.4, -0.2) is 62.4 Å². The Bertz CT molecular complexity index is 1630. The number of rotatable bonds is 6. The highest BCUT2D eigenvalue weighted by molar-refractivity contribution is 5.77. The zero-order valence-electron chi connectivity index (χ0n) is 22.6. The van der Waals surface area contributed by atoms with E-state index >= 15 is 0 Å². The third kappa shape index (κ3) is 3.95. The van der Waals surface area contributed by atoms with Gasteiger partial charge in [0.15, 0.2) is 11.5 Å². The quantitative estimate of drug-likeness (QED) is 0.385. The Morgan fingerprint density at radius 3 is 2.59 bits per heavy atom. The van der Waals surface area contributed by atoms with Gasteiger partial charge in [0.25, 0.3) is 5.56 Å². The molecule has 39 heavy (non-hydrogen) atoms. The number of aryl methyl sites for hydroxylation is 1. The highest BCUT2D eigenvalue weighted by Gasteiger charge is 2.56. The number of piperazine rings is 1. The molecule has 3 aliphatic rings. The van der Waals surface area contributed by atoms with Gasteiger partial charge in [0.1, 0.15) is 5.39 Å². The summed E-state index contributed by atoms with van der Waals surface area (Å²) in [5.41, 5.74) is 5.23. The second-order valence-corrected chi connectivity index (χ2v) is 11.3. The van der Waals surface area contributed by atoms with Crippen LogP contribution in [0.1, 0.15) is 31.0 Å². The van der Waals surface area contributed by atoms with Crippen molar-refractivity contribution in [1.29, 1.82) is 0 Å². The Morgan fingerprint density at radius 1 is 1.10 bits per heavy atom. The SMILES string of the molecule is C=CCn1c(=O)c2cnc(Nc3ccc(N4CCN(C)CC4)cc3)nc2n1-c1ccc2c(n1)C1(CC2)CC1C. The van der Waals surface area contributed by atoms with Gasteiger partial charge in [-0.25, -0.2) is 19.3 Å². The van der Waals surface area contributed by atoms with Crippen molar-refractivity contribution in [3.05, 3.63) is 76.9 Å². The van der Waals surface area contributed by atoms with Gasteiger partial charge in [-0.3, -0.25) is 4.79 Å². The van der Waals surface area contributed by atoms with Crippen molar-refractivity contribution in [2.24, 2.45) is 5.92 Å². The van der Waals surface area contributed by atoms with Crippen LogP contribution in [0.25, 0.3) is 16.9 Å². The number of hydrogen-bond acceptors (Lipinski definition) is 7. The van der Waals surface area contributed by atoms with E-state index in [1.54, 1.807) is 17.0 Å². The summed E-state index contributed by atoms with van der Waals surface area (Å²) >= 11 is 0. The number of aromatic nitrogens is 5. The molecule has 200 valence electrons. The van der Waals surface area contributed by atoms with Crippen LogP contribution in [0.4, 0.5) is 17.3 Å². The minimum absolute atomic E-state index is 0.148. The van der Waals surface area contributed by atoms with E-state index < -0.39 is 0 Å². The molecule has 1 aromatic carbocycles. The second kappa shape index (κ2) is 9.05. The van der Waals surface area contributed by atoms with Gasteiger partial charge in [-0.1, -0.05) is 19.1 Å². The smallest absolute Gasteiger partial charge is 0.278 e. The number of fused-ring (bicyclic) bond motifs is 3. The number of nitrogens with one attached hydrogen (secondary N) is 1. The van der Waals surface area contributed by atoms with Crippen LogP contribution in [-0.2, 0) is 18.4 Å². The van der Waals surface area contributed by atoms with Crippen LogP contribution in [0, 0.1) is 5.92 Å². The van der Waals surface area contributed by atoms with Crippen molar-refractivity contribution < 1.29 is 0 Å². The number of allylic oxidation sites excluding steroid dienone is 1. The third-order valence-electron chi connectivity index (χ3n) is 8.92. The normalized spacial score (nSPS) is 22.4. The van der Waals surface area contributed by atoms with Crippen LogP contribution in [0.2, 0.25) is 0 Å². The fourth-order valence-electron chi connectivity index (χ4n) is 6.43. The largest absolute Gasteiger partial charge is 0.369 e. The molecule has 1 saturated carbocycles. The minimum atomic E-state index is -0.148. The standard InChI is InChI=1S/C30H34N8O/c1-4-13-37-28(39)24-19-31-29(32-22-6-8-23(9-7-22)36-16-14-35(3)15-17-36)34-27(24)38(37)25-10-5-21-11-12-30(18-20(30)2)26(21)33-25/h4-10,19-20H,1,11-18H2,2-3H3,(H,31,32,34). The molecule has 2 aliphatic carbocycles. The van der Waals surface area contributed by atoms with E-state index in [2.05, 4.69) is 71.0 Å². The molecule has 1 saturated heterocycles. The van der Waals surface area contributed by atoms with Gasteiger partial charge in [-0.15, -0.1) is 6.58 Å². The molecule has 1 N–H and O–H groups in total. The van der Waals surface area contributed by atoms with E-state index in [1.165, 1.54) is 23.4 Å². The van der Waals surface area contributed by atoms with Crippen molar-refractivity contribution in [2.45, 2.75) is 38.1 Å². The van der Waals surface area contributed by atoms with Crippen molar-refractivity contribution in [3.63, 3.8) is 0 Å². The summed E-state index contributed by atoms with van der Waals surface area (Å²) < 4.78 is 3.48. The zero-order chi connectivity index (χ0) is 26.7. The summed E-state index contributed by atoms with van der Waals surface area (Å²) in [5, 5.41) is 3.79. The molecule has 2 unspecified atom stereocenters. The molecule has 0 radical (unpaired) electrons. The summed E-state index contributed by atoms with van der Waals surface area (Å²) in [5.74, 6) is 1.80. The lowest BCUT2D eigenvalue weighted by Gasteiger charge is -2.34. The first-order chi connectivity index (χ1) is 19.0. The molecular formula is C30H34N8O. The number of nitrogens with zero attached hydrogens (tertiary/aromatic N) is 7. The van der Waals surface area contributed by atoms with E-state index in [0.29, 0.717) is 35.3 Å². The highest BCUT2D eigenvalue weighted by atomic mass is 16.1. The Hall–Kier alpha value is -3.98. The van der Waals surface area contributed by atoms with Crippen molar-refractivity contribution in [3.8, 4) is 5.82 Å². The van der Waals surface area contributed by atoms with Crippen LogP contribution >= 0.6 is 0 Å². The lowest BCUT2D eigenvalue weighted by atomic mass is 10.0. The summed E-state index contributed by atoms with van der Waals surface area (Å²) in [6.07, 6.45) is 6.76. The topological polar surface area (TPSA) is 84.1 Å². The summed E-state index contributed by atoms with van der Waals surface area (Å²) in [4.78, 5) is 32.6. The third-order valence-corrected chi connectivity index (χ3v) is 8.92. The average Bonchev–Trinajstić information content (AvgIpc) is 3.35. The Balaban J connectivity index is 1.24. The first-order valence-corrected chi connectivity index (χ1v) is 13.9. The molecule has 7 rings (SSSR count). The van der Waals surface area contributed by atoms with Crippen molar-refractivity contribution >= 4 is 28.4 Å². The molecule has 2 atom stereocenters. The molecule has 9 heteroatoms. The monoisotopic (exact) mass is 522 g/mol. The fraction of sp³-hybridized carbons (Fsp3) is 0.400. The van der Waals surface area contributed by atoms with Gasteiger partial charge in [-0.05, 0) is 68.1 Å². The molecule has 1 spiro atoms. The molecule has 0 bridgehead atoms. The Kier molecular flexibility index (Phi) is 5.59. The molecule has 0 amide bonds. The molecule has 3 aromatic heterocycles. The van der Waals surface area contributed by atoms with Crippen LogP contribution in [0.5, 0.6) is 0 Å². The highest BCUT2D eigenvalue weighted by Crippen LogP contribution is 2.60. The number of hydrogen-bond donors (Lipinski definition) is 1. The van der Waals surface area contributed by atoms with E-state index in [1.807, 2.05) is 10.7 Å². The summed E-state index contributed by atoms with van der Waals surface area (Å²) in [7, 11) is 2.16. The maximum absolute atomic E-state index is 13.4. The van der Waals surface area contributed by atoms with Crippen LogP contribution < -0.4 is 15.8 Å². The minimum Gasteiger partial charge on any atom is -0.369 e. The molecule has 4 aromatic rings. The van der Waals surface area contributed by atoms with Gasteiger partial charge >= 0.3 is 0 Å². The number of likely N-dealkylation sites (N-methyl/N-ethyl adjacent to an activating group) is 1. The van der Waals surface area contributed by atoms with E-state index in [4.69, 9.17) is 9.97 Å². The lowest BCUT2D eigenvalue weighted by Crippen LogP contribution is -2.44. The summed E-state index contributed by atoms with van der Waals surface area (Å²) in [6, 6.07) is 12.5. The Labute approximate surface area is 227 Å². The van der Waals surface area contributed by atoms with Gasteiger partial charge in [0, 0.05) is 49.2 Å². The molecule has 9 nitrogen and oxygen atoms in total. The van der Waals surface area contributed by atoms with Crippen LogP contribution in [0.15, 0.2) is 60.0 Å². The molecule has 1 aliphatic heterocycles. The maximum Gasteiger partial charge on any atom is 0.278 e. The van der Waals surface area contributed by atoms with Gasteiger partial charge in [0.05, 0.1) is 12.2 Å². The number of pyridine rings is 1. The predicted molar refractivity (Wildman–Crippen MR) is 154 cm³/mol. The zero-order valence-corrected chi connectivity index (χ0v) is 22.6.